The molecule has 2 N–H and O–H groups in total. The van der Waals surface area contributed by atoms with Gasteiger partial charge in [-0.15, -0.1) is 0 Å². The largest absolute Gasteiger partial charge is 0.458 e. The summed E-state index contributed by atoms with van der Waals surface area (Å²) < 4.78 is 18.4. The van der Waals surface area contributed by atoms with Crippen LogP contribution in [-0.4, -0.2) is 39.1 Å². The first-order valence-corrected chi connectivity index (χ1v) is 12.5. The van der Waals surface area contributed by atoms with Crippen LogP contribution in [0.2, 0.25) is 0 Å². The Morgan fingerprint density at radius 1 is 1.17 bits per heavy atom. The van der Waals surface area contributed by atoms with Gasteiger partial charge < -0.3 is 29.0 Å². The number of fused-ring (bicyclic) bond motifs is 7. The maximum Gasteiger partial charge on any atom is 0.343 e. The van der Waals surface area contributed by atoms with Gasteiger partial charge in [0.05, 0.1) is 29.0 Å². The van der Waals surface area contributed by atoms with E-state index in [9.17, 15) is 19.8 Å². The fourth-order valence-electron chi connectivity index (χ4n) is 6.51. The third-order valence-corrected chi connectivity index (χ3v) is 8.32. The molecule has 1 aromatic carbocycles. The number of nitrogens with zero attached hydrogens (tertiary/aromatic N) is 2. The zero-order valence-electron chi connectivity index (χ0n) is 19.9. The highest BCUT2D eigenvalue weighted by Crippen LogP contribution is 2.51. The lowest BCUT2D eigenvalue weighted by Crippen LogP contribution is -2.44. The van der Waals surface area contributed by atoms with Gasteiger partial charge in [0.25, 0.3) is 5.56 Å². The maximum absolute atomic E-state index is 13.6. The minimum absolute atomic E-state index is 0.0983. The van der Waals surface area contributed by atoms with E-state index in [-0.39, 0.29) is 37.9 Å². The van der Waals surface area contributed by atoms with Crippen LogP contribution < -0.4 is 15.0 Å². The molecular weight excluding hydrogens is 464 g/mol. The highest BCUT2D eigenvalue weighted by molar-refractivity contribution is 5.95. The Kier molecular flexibility index (Phi) is 4.57. The van der Waals surface area contributed by atoms with E-state index in [0.29, 0.717) is 41.2 Å². The molecule has 4 aliphatic rings. The number of benzene rings is 1. The molecule has 9 nitrogen and oxygen atoms in total. The van der Waals surface area contributed by atoms with Crippen LogP contribution >= 0.6 is 0 Å². The van der Waals surface area contributed by atoms with Crippen LogP contribution in [0.4, 0.5) is 0 Å². The summed E-state index contributed by atoms with van der Waals surface area (Å²) in [6.07, 6.45) is 3.35. The molecule has 2 aromatic heterocycles. The second-order valence-electron chi connectivity index (χ2n) is 10.0. The van der Waals surface area contributed by atoms with Gasteiger partial charge in [-0.25, -0.2) is 9.78 Å². The zero-order chi connectivity index (χ0) is 24.8. The molecule has 0 amide bonds. The average Bonchev–Trinajstić information content (AvgIpc) is 3.51. The molecule has 0 unspecified atom stereocenters. The topological polar surface area (TPSA) is 120 Å². The smallest absolute Gasteiger partial charge is 0.343 e. The van der Waals surface area contributed by atoms with E-state index in [4.69, 9.17) is 19.2 Å². The summed E-state index contributed by atoms with van der Waals surface area (Å²) in [5, 5.41) is 21.8. The van der Waals surface area contributed by atoms with Crippen molar-refractivity contribution in [2.45, 2.75) is 63.7 Å². The van der Waals surface area contributed by atoms with Gasteiger partial charge in [-0.1, -0.05) is 6.92 Å². The van der Waals surface area contributed by atoms with Gasteiger partial charge in [-0.3, -0.25) is 4.79 Å². The Morgan fingerprint density at radius 3 is 2.83 bits per heavy atom. The monoisotopic (exact) mass is 490 g/mol. The molecule has 2 atom stereocenters. The van der Waals surface area contributed by atoms with Crippen LogP contribution in [0.25, 0.3) is 22.3 Å². The van der Waals surface area contributed by atoms with Crippen LogP contribution in [0.15, 0.2) is 16.9 Å². The molecule has 186 valence electrons. The minimum Gasteiger partial charge on any atom is -0.458 e. The van der Waals surface area contributed by atoms with Gasteiger partial charge in [0.2, 0.25) is 6.79 Å². The van der Waals surface area contributed by atoms with Crippen LogP contribution in [-0.2, 0) is 34.7 Å². The molecule has 0 fully saturated rings. The molecule has 7 rings (SSSR count). The molecular formula is C27H26N2O7. The van der Waals surface area contributed by atoms with Crippen molar-refractivity contribution in [3.05, 3.63) is 50.3 Å². The number of carbonyl (C=O) groups excluding carboxylic acids is 1. The van der Waals surface area contributed by atoms with Crippen molar-refractivity contribution < 1.29 is 29.2 Å². The van der Waals surface area contributed by atoms with Crippen molar-refractivity contribution in [3.63, 3.8) is 0 Å². The predicted molar refractivity (Wildman–Crippen MR) is 128 cm³/mol. The summed E-state index contributed by atoms with van der Waals surface area (Å²) in [5.74, 6) is 0.927. The van der Waals surface area contributed by atoms with Crippen molar-refractivity contribution in [1.29, 1.82) is 0 Å². The summed E-state index contributed by atoms with van der Waals surface area (Å²) in [6, 6.07) is 3.65. The number of esters is 1. The minimum atomic E-state index is -1.86. The summed E-state index contributed by atoms with van der Waals surface area (Å²) in [4.78, 5) is 31.2. The van der Waals surface area contributed by atoms with Gasteiger partial charge >= 0.3 is 5.97 Å². The Hall–Kier alpha value is -3.43. The second kappa shape index (κ2) is 7.54. The number of ether oxygens (including phenoxy) is 3. The van der Waals surface area contributed by atoms with E-state index in [0.717, 1.165) is 52.6 Å². The normalized spacial score (nSPS) is 22.9. The number of hydrogen-bond donors (Lipinski definition) is 2. The zero-order valence-corrected chi connectivity index (χ0v) is 19.9. The molecule has 9 heteroatoms. The van der Waals surface area contributed by atoms with Gasteiger partial charge in [0, 0.05) is 34.7 Å². The number of hydrogen-bond acceptors (Lipinski definition) is 8. The average molecular weight is 491 g/mol. The van der Waals surface area contributed by atoms with Gasteiger partial charge in [-0.05, 0) is 49.7 Å². The third kappa shape index (κ3) is 2.70. The maximum atomic E-state index is 13.6. The lowest BCUT2D eigenvalue weighted by atomic mass is 9.77. The Morgan fingerprint density at radius 2 is 2.03 bits per heavy atom. The van der Waals surface area contributed by atoms with Crippen LogP contribution in [0, 0.1) is 0 Å². The van der Waals surface area contributed by atoms with Gasteiger partial charge in [-0.2, -0.15) is 0 Å². The summed E-state index contributed by atoms with van der Waals surface area (Å²) in [6.45, 7) is 2.20. The van der Waals surface area contributed by atoms with E-state index in [1.807, 2.05) is 6.07 Å². The standard InChI is InChI=1S/C27H26N2O7/c1-2-27(33)17-8-19-23-15(10-29(19)25(31)16(17)11-34-26(27)32)21-13(4-3-7-30)5-6-14-22(21)18(28-23)9-20-24(14)36-12-35-20/h8-9,13,30,33H,2-7,10-12H2,1H3/t13-,27-/m0/s1. The fourth-order valence-corrected chi connectivity index (χ4v) is 6.51. The molecule has 36 heavy (non-hydrogen) atoms. The SMILES string of the molecule is CC[C@@]1(O)C(=O)OCc2c1cc1n(c2=O)Cc2c-1nc1cc3c(c4c1c2[C@@H](CCCO)CC4)OCO3. The summed E-state index contributed by atoms with van der Waals surface area (Å²) >= 11 is 0. The van der Waals surface area contributed by atoms with Crippen molar-refractivity contribution in [2.75, 3.05) is 13.4 Å². The van der Waals surface area contributed by atoms with Crippen LogP contribution in [0.5, 0.6) is 11.5 Å². The van der Waals surface area contributed by atoms with E-state index >= 15 is 0 Å². The van der Waals surface area contributed by atoms with Crippen LogP contribution in [0.1, 0.15) is 66.3 Å². The van der Waals surface area contributed by atoms with Crippen molar-refractivity contribution in [3.8, 4) is 22.9 Å². The number of aliphatic hydroxyl groups excluding tert-OH is 1. The Bertz CT molecular complexity index is 1540. The molecule has 3 aromatic rings. The molecule has 5 heterocycles. The van der Waals surface area contributed by atoms with E-state index in [2.05, 4.69) is 0 Å². The number of carbonyl (C=O) groups is 1. The summed E-state index contributed by atoms with van der Waals surface area (Å²) in [7, 11) is 0. The third-order valence-electron chi connectivity index (χ3n) is 8.32. The highest BCUT2D eigenvalue weighted by atomic mass is 16.7. The Labute approximate surface area is 206 Å². The van der Waals surface area contributed by atoms with Crippen LogP contribution in [0.3, 0.4) is 0 Å². The molecule has 0 bridgehead atoms. The van der Waals surface area contributed by atoms with E-state index in [1.54, 1.807) is 17.6 Å². The van der Waals surface area contributed by atoms with E-state index in [1.165, 1.54) is 0 Å². The van der Waals surface area contributed by atoms with Gasteiger partial charge in [0.1, 0.15) is 6.61 Å². The number of rotatable bonds is 4. The molecule has 1 aliphatic carbocycles. The summed E-state index contributed by atoms with van der Waals surface area (Å²) in [5.41, 5.74) is 3.78. The number of aryl methyl sites for hydroxylation is 1. The predicted octanol–water partition coefficient (Wildman–Crippen LogP) is 2.61. The number of pyridine rings is 2. The number of cyclic esters (lactones) is 1. The first-order valence-electron chi connectivity index (χ1n) is 12.5. The van der Waals surface area contributed by atoms with Crippen molar-refractivity contribution in [2.24, 2.45) is 0 Å². The second-order valence-corrected chi connectivity index (χ2v) is 10.0. The lowest BCUT2D eigenvalue weighted by Gasteiger charge is -2.31. The first-order chi connectivity index (χ1) is 17.5. The lowest BCUT2D eigenvalue weighted by molar-refractivity contribution is -0.172. The molecule has 0 saturated carbocycles. The Balaban J connectivity index is 1.52. The van der Waals surface area contributed by atoms with Crippen molar-refractivity contribution >= 4 is 16.9 Å². The first kappa shape index (κ1) is 21.8. The molecule has 3 aliphatic heterocycles. The molecule has 0 spiro atoms. The number of aromatic nitrogens is 2. The number of aliphatic hydroxyl groups is 2. The highest BCUT2D eigenvalue weighted by Gasteiger charge is 2.46. The quantitative estimate of drug-likeness (QED) is 0.419. The van der Waals surface area contributed by atoms with E-state index < -0.39 is 11.6 Å². The molecule has 0 saturated heterocycles. The van der Waals surface area contributed by atoms with Gasteiger partial charge in [0.15, 0.2) is 17.1 Å². The van der Waals surface area contributed by atoms with Crippen molar-refractivity contribution in [1.82, 2.24) is 9.55 Å². The molecule has 0 radical (unpaired) electrons. The fraction of sp³-hybridized carbons (Fsp3) is 0.444.